The zero-order valence-electron chi connectivity index (χ0n) is 14.7. The van der Waals surface area contributed by atoms with Crippen molar-refractivity contribution in [3.8, 4) is 0 Å². The molecular formula is C19H21ClN2O3S2. The standard InChI is InChI=1S/C19H21ClN2O3S2/c20-16-6-8-17(9-7-16)26-13-10-21-19(23)15-4-3-5-18(14-15)27(24,25)22-11-1-2-12-22/h3-9,14H,1-2,10-13H2,(H,21,23). The van der Waals surface area contributed by atoms with E-state index in [1.54, 1.807) is 30.0 Å². The van der Waals surface area contributed by atoms with Gasteiger partial charge in [-0.3, -0.25) is 4.79 Å². The molecule has 0 aromatic heterocycles. The Balaban J connectivity index is 1.56. The summed E-state index contributed by atoms with van der Waals surface area (Å²) in [5, 5.41) is 3.53. The molecule has 2 aromatic rings. The highest BCUT2D eigenvalue weighted by atomic mass is 35.5. The third-order valence-corrected chi connectivity index (χ3v) is 7.43. The van der Waals surface area contributed by atoms with Gasteiger partial charge in [0.15, 0.2) is 0 Å². The number of benzene rings is 2. The van der Waals surface area contributed by atoms with Gasteiger partial charge in [0.2, 0.25) is 10.0 Å². The molecule has 0 atom stereocenters. The van der Waals surface area contributed by atoms with Crippen LogP contribution in [0.4, 0.5) is 0 Å². The van der Waals surface area contributed by atoms with Gasteiger partial charge in [0, 0.05) is 40.9 Å². The summed E-state index contributed by atoms with van der Waals surface area (Å²) in [7, 11) is -3.52. The van der Waals surface area contributed by atoms with Gasteiger partial charge in [0.25, 0.3) is 5.91 Å². The van der Waals surface area contributed by atoms with Crippen molar-refractivity contribution >= 4 is 39.3 Å². The number of carbonyl (C=O) groups excluding carboxylic acids is 1. The molecule has 8 heteroatoms. The summed E-state index contributed by atoms with van der Waals surface area (Å²) in [6, 6.07) is 13.8. The van der Waals surface area contributed by atoms with Crippen LogP contribution in [0.5, 0.6) is 0 Å². The van der Waals surface area contributed by atoms with E-state index in [2.05, 4.69) is 5.32 Å². The Kier molecular flexibility index (Phi) is 6.81. The molecule has 1 fully saturated rings. The highest BCUT2D eigenvalue weighted by Crippen LogP contribution is 2.22. The zero-order chi connectivity index (χ0) is 19.3. The lowest BCUT2D eigenvalue weighted by molar-refractivity contribution is 0.0956. The van der Waals surface area contributed by atoms with E-state index in [4.69, 9.17) is 11.6 Å². The number of amides is 1. The van der Waals surface area contributed by atoms with E-state index in [0.717, 1.165) is 17.7 Å². The van der Waals surface area contributed by atoms with Crippen LogP contribution in [-0.2, 0) is 10.0 Å². The van der Waals surface area contributed by atoms with Crippen LogP contribution in [0, 0.1) is 0 Å². The summed E-state index contributed by atoms with van der Waals surface area (Å²) in [5.41, 5.74) is 0.353. The molecule has 1 aliphatic heterocycles. The van der Waals surface area contributed by atoms with Crippen molar-refractivity contribution in [1.82, 2.24) is 9.62 Å². The average molecular weight is 425 g/mol. The first kappa shape index (κ1) is 20.2. The first-order valence-corrected chi connectivity index (χ1v) is 11.5. The highest BCUT2D eigenvalue weighted by molar-refractivity contribution is 7.99. The van der Waals surface area contributed by atoms with E-state index < -0.39 is 10.0 Å². The molecule has 1 saturated heterocycles. The van der Waals surface area contributed by atoms with Gasteiger partial charge in [0.1, 0.15) is 0 Å². The molecule has 0 aliphatic carbocycles. The number of thioether (sulfide) groups is 1. The van der Waals surface area contributed by atoms with Crippen molar-refractivity contribution in [1.29, 1.82) is 0 Å². The predicted octanol–water partition coefficient (Wildman–Crippen LogP) is 3.65. The Morgan fingerprint density at radius 1 is 1.11 bits per heavy atom. The maximum atomic E-state index is 12.6. The van der Waals surface area contributed by atoms with Crippen LogP contribution in [0.1, 0.15) is 23.2 Å². The lowest BCUT2D eigenvalue weighted by atomic mass is 10.2. The Morgan fingerprint density at radius 3 is 2.52 bits per heavy atom. The van der Waals surface area contributed by atoms with E-state index in [9.17, 15) is 13.2 Å². The molecular weight excluding hydrogens is 404 g/mol. The van der Waals surface area contributed by atoms with Crippen LogP contribution in [0.25, 0.3) is 0 Å². The molecule has 0 bridgehead atoms. The number of nitrogens with one attached hydrogen (secondary N) is 1. The molecule has 0 saturated carbocycles. The van der Waals surface area contributed by atoms with E-state index in [1.165, 1.54) is 10.4 Å². The van der Waals surface area contributed by atoms with E-state index >= 15 is 0 Å². The second kappa shape index (κ2) is 9.10. The number of sulfonamides is 1. The lowest BCUT2D eigenvalue weighted by Crippen LogP contribution is -2.29. The molecule has 1 N–H and O–H groups in total. The summed E-state index contributed by atoms with van der Waals surface area (Å²) in [6.45, 7) is 1.57. The first-order valence-electron chi connectivity index (χ1n) is 8.73. The Morgan fingerprint density at radius 2 is 1.81 bits per heavy atom. The average Bonchev–Trinajstić information content (AvgIpc) is 3.22. The van der Waals surface area contributed by atoms with Crippen LogP contribution in [0.2, 0.25) is 5.02 Å². The number of halogens is 1. The number of rotatable bonds is 7. The molecule has 0 spiro atoms. The molecule has 27 heavy (non-hydrogen) atoms. The van der Waals surface area contributed by atoms with Crippen LogP contribution in [-0.4, -0.2) is 44.0 Å². The Labute approximate surface area is 169 Å². The fourth-order valence-electron chi connectivity index (χ4n) is 2.84. The summed E-state index contributed by atoms with van der Waals surface area (Å²) >= 11 is 7.47. The lowest BCUT2D eigenvalue weighted by Gasteiger charge is -2.16. The van der Waals surface area contributed by atoms with Crippen molar-refractivity contribution in [2.45, 2.75) is 22.6 Å². The smallest absolute Gasteiger partial charge is 0.251 e. The van der Waals surface area contributed by atoms with Crippen LogP contribution < -0.4 is 5.32 Å². The highest BCUT2D eigenvalue weighted by Gasteiger charge is 2.27. The van der Waals surface area contributed by atoms with Crippen molar-refractivity contribution in [3.05, 3.63) is 59.1 Å². The van der Waals surface area contributed by atoms with Crippen LogP contribution in [0.3, 0.4) is 0 Å². The fourth-order valence-corrected chi connectivity index (χ4v) is 5.30. The maximum absolute atomic E-state index is 12.6. The molecule has 5 nitrogen and oxygen atoms in total. The zero-order valence-corrected chi connectivity index (χ0v) is 17.1. The second-order valence-corrected chi connectivity index (χ2v) is 9.74. The maximum Gasteiger partial charge on any atom is 0.251 e. The minimum atomic E-state index is -3.52. The van der Waals surface area contributed by atoms with Crippen molar-refractivity contribution in [2.24, 2.45) is 0 Å². The normalized spacial score (nSPS) is 15.0. The van der Waals surface area contributed by atoms with Gasteiger partial charge in [-0.15, -0.1) is 11.8 Å². The quantitative estimate of drug-likeness (QED) is 0.544. The minimum Gasteiger partial charge on any atom is -0.351 e. The molecule has 2 aromatic carbocycles. The monoisotopic (exact) mass is 424 g/mol. The van der Waals surface area contributed by atoms with Gasteiger partial charge >= 0.3 is 0 Å². The molecule has 3 rings (SSSR count). The van der Waals surface area contributed by atoms with E-state index in [0.29, 0.717) is 36.0 Å². The summed E-state index contributed by atoms with van der Waals surface area (Å²) in [4.78, 5) is 13.6. The van der Waals surface area contributed by atoms with E-state index in [-0.39, 0.29) is 10.8 Å². The van der Waals surface area contributed by atoms with Gasteiger partial charge in [-0.25, -0.2) is 8.42 Å². The SMILES string of the molecule is O=C(NCCSc1ccc(Cl)cc1)c1cccc(S(=O)(=O)N2CCCC2)c1. The third-order valence-electron chi connectivity index (χ3n) is 4.27. The van der Waals surface area contributed by atoms with Gasteiger partial charge < -0.3 is 5.32 Å². The van der Waals surface area contributed by atoms with Crippen molar-refractivity contribution in [3.63, 3.8) is 0 Å². The van der Waals surface area contributed by atoms with Gasteiger partial charge in [-0.2, -0.15) is 4.31 Å². The Hall–Kier alpha value is -1.54. The summed E-state index contributed by atoms with van der Waals surface area (Å²) < 4.78 is 26.7. The van der Waals surface area contributed by atoms with Gasteiger partial charge in [-0.1, -0.05) is 17.7 Å². The minimum absolute atomic E-state index is 0.174. The summed E-state index contributed by atoms with van der Waals surface area (Å²) in [6.07, 6.45) is 1.76. The van der Waals surface area contributed by atoms with Crippen molar-refractivity contribution < 1.29 is 13.2 Å². The Bertz CT molecular complexity index is 895. The van der Waals surface area contributed by atoms with Crippen LogP contribution in [0.15, 0.2) is 58.3 Å². The second-order valence-electron chi connectivity index (χ2n) is 6.20. The van der Waals surface area contributed by atoms with Gasteiger partial charge in [-0.05, 0) is 55.3 Å². The fraction of sp³-hybridized carbons (Fsp3) is 0.316. The molecule has 0 radical (unpaired) electrons. The molecule has 1 amide bonds. The number of carbonyl (C=O) groups is 1. The largest absolute Gasteiger partial charge is 0.351 e. The first-order chi connectivity index (χ1) is 13.0. The molecule has 144 valence electrons. The number of hydrogen-bond donors (Lipinski definition) is 1. The van der Waals surface area contributed by atoms with Crippen LogP contribution >= 0.6 is 23.4 Å². The molecule has 1 aliphatic rings. The third kappa shape index (κ3) is 5.25. The number of hydrogen-bond acceptors (Lipinski definition) is 4. The molecule has 1 heterocycles. The van der Waals surface area contributed by atoms with Crippen molar-refractivity contribution in [2.75, 3.05) is 25.4 Å². The summed E-state index contributed by atoms with van der Waals surface area (Å²) in [5.74, 6) is 0.434. The molecule has 0 unspecified atom stereocenters. The topological polar surface area (TPSA) is 66.5 Å². The van der Waals surface area contributed by atoms with E-state index in [1.807, 2.05) is 24.3 Å². The predicted molar refractivity (Wildman–Crippen MR) is 109 cm³/mol. The number of nitrogens with zero attached hydrogens (tertiary/aromatic N) is 1. The van der Waals surface area contributed by atoms with Gasteiger partial charge in [0.05, 0.1) is 4.90 Å².